The van der Waals surface area contributed by atoms with Crippen molar-refractivity contribution in [2.75, 3.05) is 16.0 Å². The van der Waals surface area contributed by atoms with E-state index in [1.54, 1.807) is 54.7 Å². The third-order valence-corrected chi connectivity index (χ3v) is 5.52. The zero-order chi connectivity index (χ0) is 28.6. The van der Waals surface area contributed by atoms with E-state index in [1.807, 2.05) is 30.3 Å². The highest BCUT2D eigenvalue weighted by atomic mass is 16.5. The van der Waals surface area contributed by atoms with Crippen molar-refractivity contribution in [1.82, 2.24) is 19.9 Å². The number of ether oxygens (including phenoxy) is 2. The van der Waals surface area contributed by atoms with Crippen molar-refractivity contribution < 1.29 is 19.1 Å². The van der Waals surface area contributed by atoms with Gasteiger partial charge in [-0.1, -0.05) is 31.4 Å². The monoisotopic (exact) mass is 545 g/mol. The Morgan fingerprint density at radius 1 is 0.634 bits per heavy atom. The van der Waals surface area contributed by atoms with Gasteiger partial charge in [0, 0.05) is 35.1 Å². The number of carbonyl (C=O) groups excluding carboxylic acids is 2. The molecule has 2 heterocycles. The molecule has 0 fully saturated rings. The second kappa shape index (κ2) is 12.2. The summed E-state index contributed by atoms with van der Waals surface area (Å²) in [5.74, 6) is 0.399. The number of nitrogens with zero attached hydrogens (tertiary/aromatic N) is 4. The maximum Gasteiger partial charge on any atom is 0.335 e. The van der Waals surface area contributed by atoms with Crippen LogP contribution < -0.4 is 25.4 Å². The molecule has 0 amide bonds. The number of esters is 2. The van der Waals surface area contributed by atoms with E-state index >= 15 is 0 Å². The summed E-state index contributed by atoms with van der Waals surface area (Å²) in [5.41, 5.74) is 2.88. The van der Waals surface area contributed by atoms with Gasteiger partial charge in [-0.25, -0.2) is 9.59 Å². The van der Waals surface area contributed by atoms with Gasteiger partial charge in [0.1, 0.15) is 11.5 Å². The molecule has 0 spiro atoms. The number of anilines is 6. The average molecular weight is 546 g/mol. The van der Waals surface area contributed by atoms with Crippen LogP contribution in [-0.4, -0.2) is 31.9 Å². The lowest BCUT2D eigenvalue weighted by atomic mass is 10.2. The highest BCUT2D eigenvalue weighted by molar-refractivity contribution is 5.92. The molecule has 5 rings (SSSR count). The van der Waals surface area contributed by atoms with Crippen LogP contribution in [0, 0.1) is 0 Å². The van der Waals surface area contributed by atoms with E-state index < -0.39 is 11.9 Å². The van der Waals surface area contributed by atoms with Crippen molar-refractivity contribution >= 4 is 57.7 Å². The summed E-state index contributed by atoms with van der Waals surface area (Å²) in [5, 5.41) is 10.4. The maximum absolute atomic E-state index is 11.5. The van der Waals surface area contributed by atoms with Crippen LogP contribution in [0.1, 0.15) is 0 Å². The highest BCUT2D eigenvalue weighted by Gasteiger charge is 2.11. The molecular formula is C30H23N7O4. The van der Waals surface area contributed by atoms with E-state index in [-0.39, 0.29) is 17.8 Å². The van der Waals surface area contributed by atoms with Crippen molar-refractivity contribution in [3.05, 3.63) is 110 Å². The second-order valence-electron chi connectivity index (χ2n) is 8.36. The molecule has 0 saturated heterocycles. The number of nitrogens with one attached hydrogen (secondary N) is 3. The third-order valence-electron chi connectivity index (χ3n) is 5.52. The van der Waals surface area contributed by atoms with E-state index in [0.29, 0.717) is 22.9 Å². The van der Waals surface area contributed by atoms with Crippen molar-refractivity contribution in [3.63, 3.8) is 0 Å². The van der Waals surface area contributed by atoms with Gasteiger partial charge < -0.3 is 25.4 Å². The number of benzene rings is 3. The fourth-order valence-electron chi connectivity index (χ4n) is 3.66. The van der Waals surface area contributed by atoms with Crippen molar-refractivity contribution in [3.8, 4) is 11.5 Å². The van der Waals surface area contributed by atoms with Crippen LogP contribution in [0.5, 0.6) is 11.5 Å². The molecule has 11 heteroatoms. The van der Waals surface area contributed by atoms with Gasteiger partial charge in [0.15, 0.2) is 0 Å². The molecule has 3 aromatic carbocycles. The Balaban J connectivity index is 1.43. The van der Waals surface area contributed by atoms with Crippen molar-refractivity contribution in [2.24, 2.45) is 0 Å². The van der Waals surface area contributed by atoms with Crippen LogP contribution in [0.2, 0.25) is 0 Å². The zero-order valence-corrected chi connectivity index (χ0v) is 21.6. The highest BCUT2D eigenvalue weighted by Crippen LogP contribution is 2.26. The van der Waals surface area contributed by atoms with Crippen LogP contribution in [0.3, 0.4) is 0 Å². The smallest absolute Gasteiger partial charge is 0.335 e. The molecular weight excluding hydrogens is 522 g/mol. The molecule has 0 bridgehead atoms. The number of pyridine rings is 1. The predicted molar refractivity (Wildman–Crippen MR) is 156 cm³/mol. The molecule has 0 aliphatic carbocycles. The Morgan fingerprint density at radius 3 is 1.63 bits per heavy atom. The van der Waals surface area contributed by atoms with Crippen LogP contribution in [0.15, 0.2) is 110 Å². The average Bonchev–Trinajstić information content (AvgIpc) is 2.99. The summed E-state index contributed by atoms with van der Waals surface area (Å²) >= 11 is 0. The first-order valence-electron chi connectivity index (χ1n) is 12.3. The van der Waals surface area contributed by atoms with Gasteiger partial charge in [0.2, 0.25) is 17.8 Å². The normalized spacial score (nSPS) is 10.3. The number of carbonyl (C=O) groups is 2. The summed E-state index contributed by atoms with van der Waals surface area (Å²) in [7, 11) is 0. The first-order chi connectivity index (χ1) is 20.0. The number of rotatable bonds is 10. The topological polar surface area (TPSA) is 140 Å². The lowest BCUT2D eigenvalue weighted by Gasteiger charge is -2.13. The zero-order valence-electron chi connectivity index (χ0n) is 21.6. The van der Waals surface area contributed by atoms with Gasteiger partial charge in [-0.15, -0.1) is 0 Å². The van der Waals surface area contributed by atoms with Crippen LogP contribution in [0.4, 0.5) is 34.9 Å². The Bertz CT molecular complexity index is 1650. The Labute approximate surface area is 234 Å². The first-order valence-corrected chi connectivity index (χ1v) is 12.3. The molecule has 3 N–H and O–H groups in total. The Kier molecular flexibility index (Phi) is 7.87. The minimum atomic E-state index is -0.551. The van der Waals surface area contributed by atoms with Crippen LogP contribution in [0.25, 0.3) is 10.9 Å². The fraction of sp³-hybridized carbons (Fsp3) is 0. The van der Waals surface area contributed by atoms with Gasteiger partial charge in [-0.05, 0) is 60.7 Å². The summed E-state index contributed by atoms with van der Waals surface area (Å²) in [4.78, 5) is 40.9. The third kappa shape index (κ3) is 6.86. The largest absolute Gasteiger partial charge is 0.423 e. The number of fused-ring (bicyclic) bond motifs is 1. The molecule has 5 aromatic rings. The van der Waals surface area contributed by atoms with E-state index in [0.717, 1.165) is 28.7 Å². The lowest BCUT2D eigenvalue weighted by molar-refractivity contribution is -0.129. The second-order valence-corrected chi connectivity index (χ2v) is 8.36. The van der Waals surface area contributed by atoms with Crippen LogP contribution in [-0.2, 0) is 9.59 Å². The summed E-state index contributed by atoms with van der Waals surface area (Å²) in [6.07, 6.45) is 3.88. The van der Waals surface area contributed by atoms with Gasteiger partial charge in [-0.3, -0.25) is 4.98 Å². The summed E-state index contributed by atoms with van der Waals surface area (Å²) < 4.78 is 10.3. The van der Waals surface area contributed by atoms with E-state index in [2.05, 4.69) is 49.0 Å². The molecule has 2 aromatic heterocycles. The van der Waals surface area contributed by atoms with Gasteiger partial charge >= 0.3 is 11.9 Å². The minimum absolute atomic E-state index is 0.246. The molecule has 41 heavy (non-hydrogen) atoms. The first kappa shape index (κ1) is 26.5. The lowest BCUT2D eigenvalue weighted by Crippen LogP contribution is -2.08. The number of para-hydroxylation sites is 1. The SMILES string of the molecule is C=CC(=O)Oc1ccc(Nc2nc(Nc3ccc(OC(=O)C=C)cc3)nc(Nc3ccnc4ccccc34)n2)cc1. The van der Waals surface area contributed by atoms with Gasteiger partial charge in [-0.2, -0.15) is 15.0 Å². The van der Waals surface area contributed by atoms with Crippen LogP contribution >= 0.6 is 0 Å². The number of hydrogen-bond donors (Lipinski definition) is 3. The Hall–Kier alpha value is -6.10. The maximum atomic E-state index is 11.5. The van der Waals surface area contributed by atoms with Gasteiger partial charge in [0.25, 0.3) is 0 Å². The van der Waals surface area contributed by atoms with Crippen molar-refractivity contribution in [2.45, 2.75) is 0 Å². The van der Waals surface area contributed by atoms with E-state index in [4.69, 9.17) is 9.47 Å². The molecule has 0 atom stereocenters. The molecule has 11 nitrogen and oxygen atoms in total. The summed E-state index contributed by atoms with van der Waals surface area (Å²) in [6.45, 7) is 6.79. The van der Waals surface area contributed by atoms with E-state index in [1.165, 1.54) is 0 Å². The molecule has 0 unspecified atom stereocenters. The van der Waals surface area contributed by atoms with Gasteiger partial charge in [0.05, 0.1) is 11.2 Å². The standard InChI is InChI=1S/C30H23N7O4/c1-3-26(38)40-21-13-9-19(10-14-21)32-28-35-29(33-20-11-15-22(16-12-20)41-27(39)4-2)37-30(36-28)34-25-17-18-31-24-8-6-5-7-23(24)25/h3-18H,1-2H2,(H3,31,32,33,34,35,36,37). The van der Waals surface area contributed by atoms with E-state index in [9.17, 15) is 9.59 Å². The summed E-state index contributed by atoms with van der Waals surface area (Å²) in [6, 6.07) is 22.9. The number of hydrogen-bond acceptors (Lipinski definition) is 11. The quantitative estimate of drug-likeness (QED) is 0.111. The number of aromatic nitrogens is 4. The molecule has 0 aliphatic rings. The molecule has 202 valence electrons. The van der Waals surface area contributed by atoms with Crippen molar-refractivity contribution in [1.29, 1.82) is 0 Å². The molecule has 0 saturated carbocycles. The minimum Gasteiger partial charge on any atom is -0.423 e. The Morgan fingerprint density at radius 2 is 1.12 bits per heavy atom. The predicted octanol–water partition coefficient (Wildman–Crippen LogP) is 5.83. The molecule has 0 radical (unpaired) electrons. The molecule has 0 aliphatic heterocycles. The fourth-order valence-corrected chi connectivity index (χ4v) is 3.66.